The van der Waals surface area contributed by atoms with Gasteiger partial charge in [0.2, 0.25) is 0 Å². The molecule has 3 aromatic carbocycles. The highest BCUT2D eigenvalue weighted by atomic mass is 32.2. The molecule has 286 valence electrons. The Labute approximate surface area is 314 Å². The molecule has 0 saturated heterocycles. The van der Waals surface area contributed by atoms with Crippen molar-refractivity contribution in [1.29, 1.82) is 0 Å². The largest absolute Gasteiger partial charge is 0.482 e. The van der Waals surface area contributed by atoms with Crippen molar-refractivity contribution in [3.05, 3.63) is 89.4 Å². The van der Waals surface area contributed by atoms with Crippen LogP contribution in [0, 0.1) is 17.0 Å². The number of esters is 2. The first kappa shape index (κ1) is 38.6. The van der Waals surface area contributed by atoms with Crippen molar-refractivity contribution in [3.63, 3.8) is 0 Å². The minimum atomic E-state index is -1.74. The molecule has 2 aromatic heterocycles. The van der Waals surface area contributed by atoms with E-state index in [0.717, 1.165) is 5.56 Å². The van der Waals surface area contributed by atoms with Crippen LogP contribution in [0.3, 0.4) is 0 Å². The molecular formula is C40H44F2N4O7S. The van der Waals surface area contributed by atoms with Gasteiger partial charge in [-0.15, -0.1) is 0 Å². The quantitative estimate of drug-likeness (QED) is 0.159. The van der Waals surface area contributed by atoms with Crippen molar-refractivity contribution < 1.29 is 41.5 Å². The molecule has 0 amide bonds. The fourth-order valence-corrected chi connectivity index (χ4v) is 8.63. The highest BCUT2D eigenvalue weighted by molar-refractivity contribution is 7.86. The van der Waals surface area contributed by atoms with E-state index in [-0.39, 0.29) is 54.9 Å². The zero-order chi connectivity index (χ0) is 38.6. The minimum absolute atomic E-state index is 0.0151. The van der Waals surface area contributed by atoms with Crippen molar-refractivity contribution in [2.75, 3.05) is 25.6 Å². The van der Waals surface area contributed by atoms with Gasteiger partial charge in [0.25, 0.3) is 0 Å². The number of carbonyl (C=O) groups is 2. The van der Waals surface area contributed by atoms with Gasteiger partial charge in [-0.2, -0.15) is 5.10 Å². The summed E-state index contributed by atoms with van der Waals surface area (Å²) in [4.78, 5) is 33.3. The molecule has 14 heteroatoms. The lowest BCUT2D eigenvalue weighted by atomic mass is 9.75. The Kier molecular flexibility index (Phi) is 11.5. The number of nitrogens with one attached hydrogen (secondary N) is 2. The van der Waals surface area contributed by atoms with Gasteiger partial charge < -0.3 is 23.9 Å². The van der Waals surface area contributed by atoms with E-state index in [9.17, 15) is 13.8 Å². The number of H-pyrrole nitrogens is 2. The van der Waals surface area contributed by atoms with E-state index in [0.29, 0.717) is 47.3 Å². The molecule has 5 aromatic rings. The molecule has 1 aliphatic heterocycles. The van der Waals surface area contributed by atoms with Gasteiger partial charge in [-0.3, -0.25) is 14.1 Å². The van der Waals surface area contributed by atoms with Crippen LogP contribution in [-0.2, 0) is 41.7 Å². The van der Waals surface area contributed by atoms with Crippen molar-refractivity contribution in [1.82, 2.24) is 20.2 Å². The number of aromatic amines is 2. The summed E-state index contributed by atoms with van der Waals surface area (Å²) in [6, 6.07) is 14.2. The lowest BCUT2D eigenvalue weighted by Crippen LogP contribution is -2.36. The van der Waals surface area contributed by atoms with Gasteiger partial charge >= 0.3 is 11.9 Å². The van der Waals surface area contributed by atoms with Crippen LogP contribution in [0.15, 0.2) is 60.8 Å². The molecule has 2 N–H and O–H groups in total. The average molecular weight is 763 g/mol. The van der Waals surface area contributed by atoms with Crippen molar-refractivity contribution in [3.8, 4) is 28.6 Å². The van der Waals surface area contributed by atoms with Crippen LogP contribution in [0.5, 0.6) is 17.2 Å². The standard InChI is InChI=1S/C40H44F2N4O7S/c1-6-50-34(47)22-52-25-11-8-10-24(18-25)40(5)16-9-15-39(3,4)23-54(49)33(37(48)51-7-2)20-28-27-14-17-43-32(27)21-31(42)35(28)53-26-12-13-30(41)29(19-26)36-44-38(40)46-45-36/h8,10-14,17-19,21,33,43H,6-7,9,15-16,20,22-23H2,1-5H3,(H,44,45,46). The number of hydrogen-bond donors (Lipinski definition) is 2. The van der Waals surface area contributed by atoms with Gasteiger partial charge in [0.15, 0.2) is 24.0 Å². The second-order valence-electron chi connectivity index (χ2n) is 14.3. The van der Waals surface area contributed by atoms with Crippen LogP contribution >= 0.6 is 0 Å². The third kappa shape index (κ3) is 8.33. The molecule has 0 saturated carbocycles. The average Bonchev–Trinajstić information content (AvgIpc) is 3.82. The van der Waals surface area contributed by atoms with E-state index in [1.807, 2.05) is 39.0 Å². The fourth-order valence-electron chi connectivity index (χ4n) is 6.88. The lowest BCUT2D eigenvalue weighted by Gasteiger charge is -2.31. The molecular weight excluding hydrogens is 719 g/mol. The number of carbonyl (C=O) groups excluding carboxylic acids is 2. The highest BCUT2D eigenvalue weighted by Crippen LogP contribution is 2.41. The number of halogens is 2. The number of hydrogen-bond acceptors (Lipinski definition) is 9. The zero-order valence-corrected chi connectivity index (χ0v) is 31.7. The SMILES string of the molecule is CCOC(=O)COc1cccc(C2(C)CCCC(C)(C)CS(=O)C(C(=O)OCC)Cc3c(c(F)cc4[nH]ccc34)Oc3ccc(F)c(c3)-c3n[nH]c2n3)c1. The Morgan fingerprint density at radius 3 is 2.57 bits per heavy atom. The third-order valence-corrected chi connectivity index (χ3v) is 11.8. The molecule has 0 aliphatic carbocycles. The Morgan fingerprint density at radius 1 is 1.00 bits per heavy atom. The van der Waals surface area contributed by atoms with E-state index in [1.54, 1.807) is 32.2 Å². The Hall–Kier alpha value is -5.11. The van der Waals surface area contributed by atoms with E-state index >= 15 is 8.78 Å². The molecule has 1 aliphatic rings. The molecule has 0 radical (unpaired) electrons. The number of rotatable bonds is 7. The summed E-state index contributed by atoms with van der Waals surface area (Å²) >= 11 is 0. The van der Waals surface area contributed by atoms with Crippen LogP contribution in [-0.4, -0.2) is 67.1 Å². The highest BCUT2D eigenvalue weighted by Gasteiger charge is 2.37. The molecule has 3 unspecified atom stereocenters. The van der Waals surface area contributed by atoms with Gasteiger partial charge in [-0.1, -0.05) is 32.4 Å². The lowest BCUT2D eigenvalue weighted by molar-refractivity contribution is -0.145. The van der Waals surface area contributed by atoms with Crippen LogP contribution in [0.2, 0.25) is 0 Å². The molecule has 4 bridgehead atoms. The summed E-state index contributed by atoms with van der Waals surface area (Å²) in [5, 5.41) is 6.92. The van der Waals surface area contributed by atoms with Gasteiger partial charge in [0.05, 0.1) is 24.2 Å². The second-order valence-corrected chi connectivity index (χ2v) is 15.9. The van der Waals surface area contributed by atoms with Gasteiger partial charge in [0.1, 0.15) is 28.4 Å². The molecule has 11 nitrogen and oxygen atoms in total. The summed E-state index contributed by atoms with van der Waals surface area (Å²) in [7, 11) is -1.74. The van der Waals surface area contributed by atoms with Gasteiger partial charge in [-0.05, 0) is 81.0 Å². The first-order valence-electron chi connectivity index (χ1n) is 17.9. The first-order valence-corrected chi connectivity index (χ1v) is 19.3. The van der Waals surface area contributed by atoms with E-state index < -0.39 is 50.5 Å². The number of aromatic nitrogens is 4. The molecule has 6 rings (SSSR count). The molecule has 3 heterocycles. The monoisotopic (exact) mass is 762 g/mol. The molecule has 3 atom stereocenters. The Bertz CT molecular complexity index is 2180. The third-order valence-electron chi connectivity index (χ3n) is 9.73. The maximum absolute atomic E-state index is 16.0. The maximum atomic E-state index is 16.0. The summed E-state index contributed by atoms with van der Waals surface area (Å²) in [6.45, 7) is 9.42. The van der Waals surface area contributed by atoms with E-state index in [4.69, 9.17) is 23.9 Å². The normalized spacial score (nSPS) is 20.2. The molecule has 54 heavy (non-hydrogen) atoms. The van der Waals surface area contributed by atoms with Gasteiger partial charge in [-0.25, -0.2) is 18.6 Å². The van der Waals surface area contributed by atoms with Crippen LogP contribution in [0.1, 0.15) is 70.8 Å². The van der Waals surface area contributed by atoms with Crippen LogP contribution in [0.25, 0.3) is 22.3 Å². The first-order chi connectivity index (χ1) is 25.8. The second kappa shape index (κ2) is 16.1. The predicted molar refractivity (Wildman–Crippen MR) is 200 cm³/mol. The fraction of sp³-hybridized carbons (Fsp3) is 0.400. The number of fused-ring (bicyclic) bond motifs is 8. The van der Waals surface area contributed by atoms with Crippen molar-refractivity contribution in [2.24, 2.45) is 5.41 Å². The van der Waals surface area contributed by atoms with Crippen molar-refractivity contribution >= 4 is 33.6 Å². The molecule has 0 spiro atoms. The number of ether oxygens (including phenoxy) is 4. The van der Waals surface area contributed by atoms with E-state index in [2.05, 4.69) is 15.2 Å². The number of nitrogens with zero attached hydrogens (tertiary/aromatic N) is 2. The maximum Gasteiger partial charge on any atom is 0.344 e. The van der Waals surface area contributed by atoms with Crippen molar-refractivity contribution in [2.45, 2.75) is 71.0 Å². The predicted octanol–water partition coefficient (Wildman–Crippen LogP) is 7.70. The summed E-state index contributed by atoms with van der Waals surface area (Å²) in [5.74, 6) is -1.46. The van der Waals surface area contributed by atoms with Crippen LogP contribution < -0.4 is 9.47 Å². The minimum Gasteiger partial charge on any atom is -0.482 e. The smallest absolute Gasteiger partial charge is 0.344 e. The molecule has 0 fully saturated rings. The summed E-state index contributed by atoms with van der Waals surface area (Å²) in [6.07, 6.45) is 3.28. The van der Waals surface area contributed by atoms with E-state index in [1.165, 1.54) is 24.3 Å². The summed E-state index contributed by atoms with van der Waals surface area (Å²) in [5.41, 5.74) is 0.276. The zero-order valence-electron chi connectivity index (χ0n) is 30.9. The Morgan fingerprint density at radius 2 is 1.80 bits per heavy atom. The van der Waals surface area contributed by atoms with Crippen LogP contribution in [0.4, 0.5) is 8.78 Å². The van der Waals surface area contributed by atoms with Gasteiger partial charge in [0, 0.05) is 51.7 Å². The topological polar surface area (TPSA) is 145 Å². The number of benzene rings is 3. The summed E-state index contributed by atoms with van der Waals surface area (Å²) < 4.78 is 68.1. The Balaban J connectivity index is 1.47.